The minimum atomic E-state index is -0.474. The minimum Gasteiger partial charge on any atom is -0.376 e. The molecule has 0 aliphatic carbocycles. The third-order valence-electron chi connectivity index (χ3n) is 3.41. The first kappa shape index (κ1) is 15.5. The zero-order valence-corrected chi connectivity index (χ0v) is 13.7. The summed E-state index contributed by atoms with van der Waals surface area (Å²) in [7, 11) is 0. The Morgan fingerprint density at radius 3 is 2.57 bits per heavy atom. The molecule has 3 aromatic rings. The summed E-state index contributed by atoms with van der Waals surface area (Å²) in [5, 5.41) is 7.82. The molecule has 23 heavy (non-hydrogen) atoms. The number of benzene rings is 3. The van der Waals surface area contributed by atoms with Gasteiger partial charge in [0.25, 0.3) is 0 Å². The van der Waals surface area contributed by atoms with E-state index in [1.807, 2.05) is 42.5 Å². The molecule has 0 spiro atoms. The first-order valence-corrected chi connectivity index (χ1v) is 7.89. The number of rotatable bonds is 4. The smallest absolute Gasteiger partial charge is 0.243 e. The molecule has 2 N–H and O–H groups in total. The van der Waals surface area contributed by atoms with Crippen LogP contribution in [0.2, 0.25) is 0 Å². The van der Waals surface area contributed by atoms with Crippen molar-refractivity contribution in [3.05, 3.63) is 71.0 Å². The van der Waals surface area contributed by atoms with Crippen molar-refractivity contribution in [1.29, 1.82) is 0 Å². The molecule has 0 fully saturated rings. The molecule has 3 rings (SSSR count). The van der Waals surface area contributed by atoms with Crippen molar-refractivity contribution in [1.82, 2.24) is 0 Å². The lowest BCUT2D eigenvalue weighted by Gasteiger charge is -2.09. The Kier molecular flexibility index (Phi) is 4.57. The Balaban J connectivity index is 1.63. The summed E-state index contributed by atoms with van der Waals surface area (Å²) < 4.78 is 14.3. The Bertz CT molecular complexity index is 867. The van der Waals surface area contributed by atoms with Gasteiger partial charge in [-0.05, 0) is 41.1 Å². The van der Waals surface area contributed by atoms with Gasteiger partial charge in [0.1, 0.15) is 5.82 Å². The maximum Gasteiger partial charge on any atom is 0.243 e. The maximum atomic E-state index is 13.7. The zero-order valence-electron chi connectivity index (χ0n) is 12.1. The topological polar surface area (TPSA) is 41.1 Å². The van der Waals surface area contributed by atoms with Gasteiger partial charge in [0, 0.05) is 10.2 Å². The first-order valence-electron chi connectivity index (χ1n) is 7.09. The van der Waals surface area contributed by atoms with Gasteiger partial charge in [0.2, 0.25) is 5.91 Å². The van der Waals surface area contributed by atoms with E-state index < -0.39 is 5.82 Å². The maximum absolute atomic E-state index is 13.7. The average Bonchev–Trinajstić information content (AvgIpc) is 2.55. The molecule has 0 bridgehead atoms. The van der Waals surface area contributed by atoms with Crippen LogP contribution in [0.1, 0.15) is 0 Å². The van der Waals surface area contributed by atoms with E-state index in [0.717, 1.165) is 16.5 Å². The van der Waals surface area contributed by atoms with Crippen molar-refractivity contribution < 1.29 is 9.18 Å². The van der Waals surface area contributed by atoms with Crippen molar-refractivity contribution in [3.8, 4) is 0 Å². The first-order chi connectivity index (χ1) is 11.1. The van der Waals surface area contributed by atoms with Gasteiger partial charge in [-0.15, -0.1) is 0 Å². The number of amides is 1. The highest BCUT2D eigenvalue weighted by molar-refractivity contribution is 9.10. The van der Waals surface area contributed by atoms with E-state index in [1.165, 1.54) is 12.1 Å². The van der Waals surface area contributed by atoms with E-state index in [2.05, 4.69) is 26.6 Å². The second-order valence-electron chi connectivity index (χ2n) is 5.09. The molecule has 0 aromatic heterocycles. The van der Waals surface area contributed by atoms with Gasteiger partial charge in [-0.3, -0.25) is 4.79 Å². The molecule has 0 atom stereocenters. The number of anilines is 2. The SMILES string of the molecule is O=C(CNc1ccc2ccccc2c1)Nc1ccc(Br)cc1F. The van der Waals surface area contributed by atoms with Crippen molar-refractivity contribution >= 4 is 44.0 Å². The number of fused-ring (bicyclic) bond motifs is 1. The van der Waals surface area contributed by atoms with Crippen molar-refractivity contribution in [2.75, 3.05) is 17.2 Å². The van der Waals surface area contributed by atoms with Crippen LogP contribution in [0.25, 0.3) is 10.8 Å². The Morgan fingerprint density at radius 2 is 1.78 bits per heavy atom. The molecular weight excluding hydrogens is 359 g/mol. The fraction of sp³-hybridized carbons (Fsp3) is 0.0556. The minimum absolute atomic E-state index is 0.0633. The largest absolute Gasteiger partial charge is 0.376 e. The highest BCUT2D eigenvalue weighted by atomic mass is 79.9. The molecule has 3 aromatic carbocycles. The van der Waals surface area contributed by atoms with Gasteiger partial charge in [0.15, 0.2) is 0 Å². The Hall–Kier alpha value is -2.40. The van der Waals surface area contributed by atoms with E-state index >= 15 is 0 Å². The monoisotopic (exact) mass is 372 g/mol. The van der Waals surface area contributed by atoms with Gasteiger partial charge in [0.05, 0.1) is 12.2 Å². The van der Waals surface area contributed by atoms with Gasteiger partial charge in [-0.2, -0.15) is 0 Å². The molecule has 0 aliphatic rings. The van der Waals surface area contributed by atoms with E-state index in [-0.39, 0.29) is 18.1 Å². The summed E-state index contributed by atoms with van der Waals surface area (Å²) in [5.41, 5.74) is 1.01. The summed E-state index contributed by atoms with van der Waals surface area (Å²) >= 11 is 3.18. The Morgan fingerprint density at radius 1 is 1.00 bits per heavy atom. The molecule has 5 heteroatoms. The van der Waals surface area contributed by atoms with Crippen LogP contribution in [0.3, 0.4) is 0 Å². The fourth-order valence-corrected chi connectivity index (χ4v) is 2.60. The van der Waals surface area contributed by atoms with Crippen LogP contribution in [0.15, 0.2) is 65.1 Å². The number of carbonyl (C=O) groups excluding carboxylic acids is 1. The molecule has 0 saturated heterocycles. The van der Waals surface area contributed by atoms with E-state index in [4.69, 9.17) is 0 Å². The van der Waals surface area contributed by atoms with Crippen molar-refractivity contribution in [2.45, 2.75) is 0 Å². The third kappa shape index (κ3) is 3.87. The molecule has 116 valence electrons. The van der Waals surface area contributed by atoms with Crippen LogP contribution in [0.5, 0.6) is 0 Å². The number of hydrogen-bond donors (Lipinski definition) is 2. The molecule has 0 unspecified atom stereocenters. The molecule has 1 amide bonds. The van der Waals surface area contributed by atoms with Crippen molar-refractivity contribution in [3.63, 3.8) is 0 Å². The average molecular weight is 373 g/mol. The van der Waals surface area contributed by atoms with E-state index in [0.29, 0.717) is 4.47 Å². The molecule has 0 saturated carbocycles. The van der Waals surface area contributed by atoms with Crippen molar-refractivity contribution in [2.24, 2.45) is 0 Å². The normalized spacial score (nSPS) is 10.5. The molecule has 0 radical (unpaired) electrons. The second-order valence-corrected chi connectivity index (χ2v) is 6.00. The summed E-state index contributed by atoms with van der Waals surface area (Å²) in [4.78, 5) is 11.9. The summed E-state index contributed by atoms with van der Waals surface area (Å²) in [6, 6.07) is 18.4. The molecular formula is C18H14BrFN2O. The van der Waals surface area contributed by atoms with Gasteiger partial charge in [-0.1, -0.05) is 46.3 Å². The Labute approximate surface area is 141 Å². The van der Waals surface area contributed by atoms with Crippen LogP contribution in [0.4, 0.5) is 15.8 Å². The summed E-state index contributed by atoms with van der Waals surface area (Å²) in [6.07, 6.45) is 0. The second kappa shape index (κ2) is 6.79. The quantitative estimate of drug-likeness (QED) is 0.690. The lowest BCUT2D eigenvalue weighted by molar-refractivity contribution is -0.114. The predicted octanol–water partition coefficient (Wildman–Crippen LogP) is 4.79. The predicted molar refractivity (Wildman–Crippen MR) is 95.2 cm³/mol. The molecule has 0 aliphatic heterocycles. The lowest BCUT2D eigenvalue weighted by atomic mass is 10.1. The van der Waals surface area contributed by atoms with Gasteiger partial charge in [-0.25, -0.2) is 4.39 Å². The molecule has 3 nitrogen and oxygen atoms in total. The van der Waals surface area contributed by atoms with Gasteiger partial charge < -0.3 is 10.6 Å². The zero-order chi connectivity index (χ0) is 16.2. The number of nitrogens with one attached hydrogen (secondary N) is 2. The summed E-state index contributed by atoms with van der Waals surface area (Å²) in [6.45, 7) is 0.0633. The van der Waals surface area contributed by atoms with E-state index in [9.17, 15) is 9.18 Å². The lowest BCUT2D eigenvalue weighted by Crippen LogP contribution is -2.22. The van der Waals surface area contributed by atoms with Crippen LogP contribution in [0, 0.1) is 5.82 Å². The van der Waals surface area contributed by atoms with Crippen LogP contribution < -0.4 is 10.6 Å². The number of hydrogen-bond acceptors (Lipinski definition) is 2. The third-order valence-corrected chi connectivity index (χ3v) is 3.90. The summed E-state index contributed by atoms with van der Waals surface area (Å²) in [5.74, 6) is -0.780. The molecule has 0 heterocycles. The van der Waals surface area contributed by atoms with Crippen LogP contribution in [-0.4, -0.2) is 12.5 Å². The highest BCUT2D eigenvalue weighted by Crippen LogP contribution is 2.20. The fourth-order valence-electron chi connectivity index (χ4n) is 2.27. The van der Waals surface area contributed by atoms with Crippen LogP contribution >= 0.6 is 15.9 Å². The number of carbonyl (C=O) groups is 1. The van der Waals surface area contributed by atoms with E-state index in [1.54, 1.807) is 6.07 Å². The standard InChI is InChI=1S/C18H14BrFN2O/c19-14-6-8-17(16(20)10-14)22-18(23)11-21-15-7-5-12-3-1-2-4-13(12)9-15/h1-10,21H,11H2,(H,22,23). The number of halogens is 2. The van der Waals surface area contributed by atoms with Crippen LogP contribution in [-0.2, 0) is 4.79 Å². The van der Waals surface area contributed by atoms with Gasteiger partial charge >= 0.3 is 0 Å². The highest BCUT2D eigenvalue weighted by Gasteiger charge is 2.07.